The SMILES string of the molecule is C=CCCCN(C)C1CC1. The summed E-state index contributed by atoms with van der Waals surface area (Å²) in [4.78, 5) is 2.46. The molecule has 0 bridgehead atoms. The van der Waals surface area contributed by atoms with E-state index in [1.807, 2.05) is 6.08 Å². The van der Waals surface area contributed by atoms with Gasteiger partial charge in [-0.05, 0) is 39.3 Å². The van der Waals surface area contributed by atoms with Crippen molar-refractivity contribution in [2.45, 2.75) is 31.7 Å². The van der Waals surface area contributed by atoms with Gasteiger partial charge < -0.3 is 4.90 Å². The van der Waals surface area contributed by atoms with Crippen molar-refractivity contribution in [3.63, 3.8) is 0 Å². The van der Waals surface area contributed by atoms with Crippen LogP contribution >= 0.6 is 0 Å². The smallest absolute Gasteiger partial charge is 0.00933 e. The Balaban J connectivity index is 1.95. The van der Waals surface area contributed by atoms with Crippen LogP contribution in [0.15, 0.2) is 12.7 Å². The summed E-state index contributed by atoms with van der Waals surface area (Å²) in [6.07, 6.45) is 7.28. The van der Waals surface area contributed by atoms with Crippen LogP contribution in [0, 0.1) is 0 Å². The summed E-state index contributed by atoms with van der Waals surface area (Å²) >= 11 is 0. The van der Waals surface area contributed by atoms with Crippen molar-refractivity contribution >= 4 is 0 Å². The van der Waals surface area contributed by atoms with Crippen LogP contribution < -0.4 is 0 Å². The maximum Gasteiger partial charge on any atom is 0.00933 e. The van der Waals surface area contributed by atoms with Crippen molar-refractivity contribution in [3.8, 4) is 0 Å². The van der Waals surface area contributed by atoms with Gasteiger partial charge in [0.1, 0.15) is 0 Å². The second-order valence-corrected chi connectivity index (χ2v) is 3.14. The minimum absolute atomic E-state index is 0.921. The molecule has 0 spiro atoms. The number of unbranched alkanes of at least 4 members (excludes halogenated alkanes) is 1. The lowest BCUT2D eigenvalue weighted by Crippen LogP contribution is -2.21. The summed E-state index contributed by atoms with van der Waals surface area (Å²) in [6, 6.07) is 0.921. The van der Waals surface area contributed by atoms with Crippen molar-refractivity contribution in [1.82, 2.24) is 4.90 Å². The molecule has 0 aromatic carbocycles. The molecule has 1 fully saturated rings. The molecule has 1 aliphatic carbocycles. The molecule has 0 heterocycles. The van der Waals surface area contributed by atoms with Gasteiger partial charge in [0.25, 0.3) is 0 Å². The lowest BCUT2D eigenvalue weighted by Gasteiger charge is -2.13. The molecule has 10 heavy (non-hydrogen) atoms. The largest absolute Gasteiger partial charge is 0.303 e. The Morgan fingerprint density at radius 2 is 2.30 bits per heavy atom. The maximum atomic E-state index is 3.70. The van der Waals surface area contributed by atoms with Gasteiger partial charge in [-0.25, -0.2) is 0 Å². The minimum atomic E-state index is 0.921. The molecule has 0 N–H and O–H groups in total. The zero-order chi connectivity index (χ0) is 7.40. The monoisotopic (exact) mass is 139 g/mol. The van der Waals surface area contributed by atoms with Crippen molar-refractivity contribution in [2.24, 2.45) is 0 Å². The lowest BCUT2D eigenvalue weighted by molar-refractivity contribution is 0.320. The first kappa shape index (κ1) is 7.80. The van der Waals surface area contributed by atoms with E-state index in [1.54, 1.807) is 0 Å². The summed E-state index contributed by atoms with van der Waals surface area (Å²) in [5.41, 5.74) is 0. The molecule has 0 amide bonds. The fraction of sp³-hybridized carbons (Fsp3) is 0.778. The van der Waals surface area contributed by atoms with Gasteiger partial charge in [-0.3, -0.25) is 0 Å². The molecule has 1 aliphatic rings. The topological polar surface area (TPSA) is 3.24 Å². The first-order valence-corrected chi connectivity index (χ1v) is 4.15. The number of hydrogen-bond acceptors (Lipinski definition) is 1. The summed E-state index contributed by atoms with van der Waals surface area (Å²) in [5, 5.41) is 0. The second-order valence-electron chi connectivity index (χ2n) is 3.14. The Morgan fingerprint density at radius 3 is 2.80 bits per heavy atom. The van der Waals surface area contributed by atoms with E-state index in [9.17, 15) is 0 Å². The van der Waals surface area contributed by atoms with E-state index in [0.717, 1.165) is 12.5 Å². The second kappa shape index (κ2) is 3.77. The first-order valence-electron chi connectivity index (χ1n) is 4.15. The Labute approximate surface area is 63.7 Å². The van der Waals surface area contributed by atoms with Crippen molar-refractivity contribution < 1.29 is 0 Å². The van der Waals surface area contributed by atoms with Gasteiger partial charge in [0.15, 0.2) is 0 Å². The summed E-state index contributed by atoms with van der Waals surface area (Å²) in [6.45, 7) is 4.95. The van der Waals surface area contributed by atoms with Crippen LogP contribution in [0.2, 0.25) is 0 Å². The first-order chi connectivity index (χ1) is 4.84. The maximum absolute atomic E-state index is 3.70. The summed E-state index contributed by atoms with van der Waals surface area (Å²) < 4.78 is 0. The summed E-state index contributed by atoms with van der Waals surface area (Å²) in [7, 11) is 2.22. The molecule has 1 heteroatoms. The molecule has 0 aliphatic heterocycles. The fourth-order valence-electron chi connectivity index (χ4n) is 1.18. The van der Waals surface area contributed by atoms with E-state index >= 15 is 0 Å². The standard InChI is InChI=1S/C9H17N/c1-3-4-5-8-10(2)9-6-7-9/h3,9H,1,4-8H2,2H3. The van der Waals surface area contributed by atoms with E-state index < -0.39 is 0 Å². The molecule has 0 aromatic rings. The van der Waals surface area contributed by atoms with Gasteiger partial charge in [0, 0.05) is 6.04 Å². The van der Waals surface area contributed by atoms with Crippen molar-refractivity contribution in [2.75, 3.05) is 13.6 Å². The van der Waals surface area contributed by atoms with Crippen LogP contribution in [0.5, 0.6) is 0 Å². The van der Waals surface area contributed by atoms with E-state index in [2.05, 4.69) is 18.5 Å². The predicted octanol–water partition coefficient (Wildman–Crippen LogP) is 2.05. The van der Waals surface area contributed by atoms with Gasteiger partial charge in [-0.2, -0.15) is 0 Å². The predicted molar refractivity (Wildman–Crippen MR) is 45.1 cm³/mol. The van der Waals surface area contributed by atoms with Crippen LogP contribution in [0.1, 0.15) is 25.7 Å². The average molecular weight is 139 g/mol. The highest BCUT2D eigenvalue weighted by atomic mass is 15.1. The Morgan fingerprint density at radius 1 is 1.60 bits per heavy atom. The Hall–Kier alpha value is -0.300. The number of allylic oxidation sites excluding steroid dienone is 1. The third kappa shape index (κ3) is 2.53. The number of nitrogens with zero attached hydrogens (tertiary/aromatic N) is 1. The van der Waals surface area contributed by atoms with Crippen LogP contribution in [0.25, 0.3) is 0 Å². The summed E-state index contributed by atoms with van der Waals surface area (Å²) in [5.74, 6) is 0. The van der Waals surface area contributed by atoms with Gasteiger partial charge in [-0.1, -0.05) is 6.08 Å². The van der Waals surface area contributed by atoms with E-state index in [0.29, 0.717) is 0 Å². The zero-order valence-corrected chi connectivity index (χ0v) is 6.84. The lowest BCUT2D eigenvalue weighted by atomic mass is 10.3. The fourth-order valence-corrected chi connectivity index (χ4v) is 1.18. The quantitative estimate of drug-likeness (QED) is 0.416. The van der Waals surface area contributed by atoms with Crippen LogP contribution in [0.4, 0.5) is 0 Å². The van der Waals surface area contributed by atoms with Crippen molar-refractivity contribution in [1.29, 1.82) is 0 Å². The van der Waals surface area contributed by atoms with Gasteiger partial charge in [-0.15, -0.1) is 6.58 Å². The molecule has 0 unspecified atom stereocenters. The normalized spacial score (nSPS) is 17.8. The molecule has 1 nitrogen and oxygen atoms in total. The Kier molecular flexibility index (Phi) is 2.94. The number of rotatable bonds is 5. The average Bonchev–Trinajstić information content (AvgIpc) is 2.69. The molecule has 0 aromatic heterocycles. The molecule has 0 saturated heterocycles. The van der Waals surface area contributed by atoms with Gasteiger partial charge in [0.2, 0.25) is 0 Å². The molecule has 58 valence electrons. The van der Waals surface area contributed by atoms with Gasteiger partial charge >= 0.3 is 0 Å². The van der Waals surface area contributed by atoms with Gasteiger partial charge in [0.05, 0.1) is 0 Å². The molecular formula is C9H17N. The van der Waals surface area contributed by atoms with E-state index in [1.165, 1.54) is 25.8 Å². The van der Waals surface area contributed by atoms with E-state index in [-0.39, 0.29) is 0 Å². The van der Waals surface area contributed by atoms with Crippen LogP contribution in [-0.2, 0) is 0 Å². The molecule has 1 rings (SSSR count). The molecular weight excluding hydrogens is 122 g/mol. The third-order valence-electron chi connectivity index (χ3n) is 2.09. The van der Waals surface area contributed by atoms with Crippen LogP contribution in [-0.4, -0.2) is 24.5 Å². The third-order valence-corrected chi connectivity index (χ3v) is 2.09. The minimum Gasteiger partial charge on any atom is -0.303 e. The molecule has 1 saturated carbocycles. The Bertz CT molecular complexity index is 105. The van der Waals surface area contributed by atoms with E-state index in [4.69, 9.17) is 0 Å². The molecule has 0 radical (unpaired) electrons. The molecule has 0 atom stereocenters. The highest BCUT2D eigenvalue weighted by molar-refractivity contribution is 4.82. The van der Waals surface area contributed by atoms with Crippen LogP contribution in [0.3, 0.4) is 0 Å². The zero-order valence-electron chi connectivity index (χ0n) is 6.84. The number of hydrogen-bond donors (Lipinski definition) is 0. The highest BCUT2D eigenvalue weighted by Crippen LogP contribution is 2.25. The van der Waals surface area contributed by atoms with Crippen molar-refractivity contribution in [3.05, 3.63) is 12.7 Å². The highest BCUT2D eigenvalue weighted by Gasteiger charge is 2.24.